The van der Waals surface area contributed by atoms with Crippen LogP contribution in [0.3, 0.4) is 0 Å². The van der Waals surface area contributed by atoms with Gasteiger partial charge in [0.15, 0.2) is 5.82 Å². The number of hydrogen-bond acceptors (Lipinski definition) is 4. The fourth-order valence-corrected chi connectivity index (χ4v) is 2.56. The standard InChI is InChI=1S/C17H19N5O/c1-10-5-6-14(7-11(10)2)16(23)18-9-15-20-21-17-19-12(3)8-13(4)22(15)17/h5-8H,9H2,1-4H3,(H,18,23). The van der Waals surface area contributed by atoms with Crippen LogP contribution in [-0.2, 0) is 6.54 Å². The number of carbonyl (C=O) groups excluding carboxylic acids is 1. The van der Waals surface area contributed by atoms with Gasteiger partial charge in [0.25, 0.3) is 11.7 Å². The quantitative estimate of drug-likeness (QED) is 0.805. The Morgan fingerprint density at radius 2 is 1.87 bits per heavy atom. The monoisotopic (exact) mass is 309 g/mol. The molecule has 0 unspecified atom stereocenters. The number of amides is 1. The van der Waals surface area contributed by atoms with Crippen molar-refractivity contribution in [2.75, 3.05) is 0 Å². The molecule has 3 aromatic rings. The largest absolute Gasteiger partial charge is 0.345 e. The summed E-state index contributed by atoms with van der Waals surface area (Å²) in [5.41, 5.74) is 4.80. The summed E-state index contributed by atoms with van der Waals surface area (Å²) in [5, 5.41) is 11.1. The highest BCUT2D eigenvalue weighted by Gasteiger charge is 2.12. The fraction of sp³-hybridized carbons (Fsp3) is 0.294. The maximum atomic E-state index is 12.3. The van der Waals surface area contributed by atoms with E-state index in [4.69, 9.17) is 0 Å². The van der Waals surface area contributed by atoms with Gasteiger partial charge in [0, 0.05) is 17.0 Å². The Labute approximate surface area is 134 Å². The van der Waals surface area contributed by atoms with Gasteiger partial charge in [0.1, 0.15) is 0 Å². The summed E-state index contributed by atoms with van der Waals surface area (Å²) in [4.78, 5) is 16.6. The molecule has 0 atom stereocenters. The van der Waals surface area contributed by atoms with E-state index in [2.05, 4.69) is 20.5 Å². The molecule has 0 aliphatic rings. The van der Waals surface area contributed by atoms with Crippen molar-refractivity contribution < 1.29 is 4.79 Å². The van der Waals surface area contributed by atoms with Crippen LogP contribution in [0.4, 0.5) is 0 Å². The van der Waals surface area contributed by atoms with Crippen LogP contribution in [0.25, 0.3) is 5.78 Å². The first kappa shape index (κ1) is 15.1. The number of benzene rings is 1. The number of hydrogen-bond donors (Lipinski definition) is 1. The van der Waals surface area contributed by atoms with E-state index in [1.165, 1.54) is 5.56 Å². The van der Waals surface area contributed by atoms with Crippen molar-refractivity contribution >= 4 is 11.7 Å². The third-order valence-electron chi connectivity index (χ3n) is 3.94. The van der Waals surface area contributed by atoms with Gasteiger partial charge in [0.2, 0.25) is 0 Å². The molecular formula is C17H19N5O. The van der Waals surface area contributed by atoms with Crippen molar-refractivity contribution in [2.24, 2.45) is 0 Å². The van der Waals surface area contributed by atoms with Crippen LogP contribution < -0.4 is 5.32 Å². The lowest BCUT2D eigenvalue weighted by Gasteiger charge is -2.08. The summed E-state index contributed by atoms with van der Waals surface area (Å²) < 4.78 is 1.85. The summed E-state index contributed by atoms with van der Waals surface area (Å²) in [6, 6.07) is 7.64. The van der Waals surface area contributed by atoms with Crippen molar-refractivity contribution in [3.05, 3.63) is 58.2 Å². The first-order chi connectivity index (χ1) is 11.0. The van der Waals surface area contributed by atoms with E-state index in [1.54, 1.807) is 0 Å². The minimum atomic E-state index is -0.123. The Balaban J connectivity index is 1.80. The highest BCUT2D eigenvalue weighted by Crippen LogP contribution is 2.11. The molecule has 0 saturated heterocycles. The lowest BCUT2D eigenvalue weighted by molar-refractivity contribution is 0.0949. The first-order valence-electron chi connectivity index (χ1n) is 7.49. The van der Waals surface area contributed by atoms with Gasteiger partial charge in [-0.1, -0.05) is 6.07 Å². The Bertz CT molecular complexity index is 897. The summed E-state index contributed by atoms with van der Waals surface area (Å²) in [6.07, 6.45) is 0. The number of fused-ring (bicyclic) bond motifs is 1. The number of rotatable bonds is 3. The SMILES string of the molecule is Cc1cc(C)n2c(CNC(=O)c3ccc(C)c(C)c3)nnc2n1. The Kier molecular flexibility index (Phi) is 3.82. The van der Waals surface area contributed by atoms with Gasteiger partial charge in [-0.3, -0.25) is 9.20 Å². The summed E-state index contributed by atoms with van der Waals surface area (Å²) in [5.74, 6) is 1.10. The van der Waals surface area contributed by atoms with Crippen LogP contribution in [0.2, 0.25) is 0 Å². The van der Waals surface area contributed by atoms with Crippen LogP contribution in [0, 0.1) is 27.7 Å². The van der Waals surface area contributed by atoms with E-state index in [0.29, 0.717) is 23.7 Å². The lowest BCUT2D eigenvalue weighted by Crippen LogP contribution is -2.24. The van der Waals surface area contributed by atoms with Gasteiger partial charge in [-0.15, -0.1) is 10.2 Å². The normalized spacial score (nSPS) is 11.0. The van der Waals surface area contributed by atoms with Crippen molar-refractivity contribution in [1.29, 1.82) is 0 Å². The van der Waals surface area contributed by atoms with Gasteiger partial charge < -0.3 is 5.32 Å². The van der Waals surface area contributed by atoms with Crippen LogP contribution in [0.15, 0.2) is 24.3 Å². The summed E-state index contributed by atoms with van der Waals surface area (Å²) >= 11 is 0. The van der Waals surface area contributed by atoms with E-state index in [1.807, 2.05) is 56.4 Å². The number of nitrogens with zero attached hydrogens (tertiary/aromatic N) is 4. The molecule has 0 aliphatic heterocycles. The molecule has 6 nitrogen and oxygen atoms in total. The second-order valence-electron chi connectivity index (χ2n) is 5.77. The molecule has 2 aromatic heterocycles. The molecule has 1 amide bonds. The van der Waals surface area contributed by atoms with E-state index >= 15 is 0 Å². The molecule has 0 spiro atoms. The smallest absolute Gasteiger partial charge is 0.255 e. The van der Waals surface area contributed by atoms with E-state index in [-0.39, 0.29) is 5.91 Å². The molecule has 6 heteroatoms. The maximum Gasteiger partial charge on any atom is 0.255 e. The second-order valence-corrected chi connectivity index (χ2v) is 5.77. The van der Waals surface area contributed by atoms with Gasteiger partial charge in [-0.05, 0) is 57.0 Å². The Morgan fingerprint density at radius 3 is 2.61 bits per heavy atom. The molecule has 1 aromatic carbocycles. The molecule has 2 heterocycles. The average Bonchev–Trinajstić information content (AvgIpc) is 2.90. The molecule has 0 radical (unpaired) electrons. The van der Waals surface area contributed by atoms with Crippen LogP contribution in [0.1, 0.15) is 38.7 Å². The van der Waals surface area contributed by atoms with Crippen LogP contribution in [0.5, 0.6) is 0 Å². The minimum absolute atomic E-state index is 0.123. The van der Waals surface area contributed by atoms with Gasteiger partial charge in [-0.25, -0.2) is 4.98 Å². The minimum Gasteiger partial charge on any atom is -0.345 e. The van der Waals surface area contributed by atoms with Crippen LogP contribution >= 0.6 is 0 Å². The summed E-state index contributed by atoms with van der Waals surface area (Å²) in [6.45, 7) is 8.22. The molecule has 118 valence electrons. The number of aromatic nitrogens is 4. The first-order valence-corrected chi connectivity index (χ1v) is 7.49. The highest BCUT2D eigenvalue weighted by atomic mass is 16.1. The maximum absolute atomic E-state index is 12.3. The molecule has 1 N–H and O–H groups in total. The lowest BCUT2D eigenvalue weighted by atomic mass is 10.1. The Morgan fingerprint density at radius 1 is 1.09 bits per heavy atom. The molecule has 3 rings (SSSR count). The Hall–Kier alpha value is -2.76. The van der Waals surface area contributed by atoms with Gasteiger partial charge in [0.05, 0.1) is 6.54 Å². The average molecular weight is 309 g/mol. The van der Waals surface area contributed by atoms with Crippen LogP contribution in [-0.4, -0.2) is 25.5 Å². The molecule has 0 fully saturated rings. The molecule has 0 saturated carbocycles. The van der Waals surface area contributed by atoms with E-state index in [9.17, 15) is 4.79 Å². The predicted octanol–water partition coefficient (Wildman–Crippen LogP) is 2.29. The van der Waals surface area contributed by atoms with Gasteiger partial charge in [-0.2, -0.15) is 0 Å². The number of nitrogens with one attached hydrogen (secondary N) is 1. The second kappa shape index (κ2) is 5.79. The predicted molar refractivity (Wildman–Crippen MR) is 87.3 cm³/mol. The highest BCUT2D eigenvalue weighted by molar-refractivity contribution is 5.94. The van der Waals surface area contributed by atoms with Crippen molar-refractivity contribution in [3.63, 3.8) is 0 Å². The molecular weight excluding hydrogens is 290 g/mol. The zero-order valence-corrected chi connectivity index (χ0v) is 13.7. The zero-order valence-electron chi connectivity index (χ0n) is 13.7. The summed E-state index contributed by atoms with van der Waals surface area (Å²) in [7, 11) is 0. The topological polar surface area (TPSA) is 72.2 Å². The third kappa shape index (κ3) is 2.92. The van der Waals surface area contributed by atoms with E-state index in [0.717, 1.165) is 17.0 Å². The van der Waals surface area contributed by atoms with Gasteiger partial charge >= 0.3 is 0 Å². The molecule has 23 heavy (non-hydrogen) atoms. The van der Waals surface area contributed by atoms with Crippen molar-refractivity contribution in [1.82, 2.24) is 24.9 Å². The number of carbonyl (C=O) groups is 1. The fourth-order valence-electron chi connectivity index (χ4n) is 2.56. The third-order valence-corrected chi connectivity index (χ3v) is 3.94. The van der Waals surface area contributed by atoms with Crippen molar-refractivity contribution in [3.8, 4) is 0 Å². The molecule has 0 aliphatic carbocycles. The number of aryl methyl sites for hydroxylation is 4. The van der Waals surface area contributed by atoms with Crippen molar-refractivity contribution in [2.45, 2.75) is 34.2 Å². The van der Waals surface area contributed by atoms with E-state index < -0.39 is 0 Å². The zero-order chi connectivity index (χ0) is 16.6. The molecule has 0 bridgehead atoms.